The van der Waals surface area contributed by atoms with Crippen molar-refractivity contribution in [3.63, 3.8) is 0 Å². The van der Waals surface area contributed by atoms with Crippen molar-refractivity contribution in [2.45, 2.75) is 63.1 Å². The molecule has 2 aromatic carbocycles. The van der Waals surface area contributed by atoms with Gasteiger partial charge in [-0.1, -0.05) is 23.6 Å². The number of carbonyl (C=O) groups excluding carboxylic acids is 2. The van der Waals surface area contributed by atoms with Crippen LogP contribution in [0.5, 0.6) is 0 Å². The van der Waals surface area contributed by atoms with Crippen molar-refractivity contribution in [1.82, 2.24) is 29.9 Å². The molecule has 7 rings (SSSR count). The van der Waals surface area contributed by atoms with Crippen LogP contribution in [0, 0.1) is 29.4 Å². The van der Waals surface area contributed by atoms with E-state index >= 15 is 8.78 Å². The molecule has 3 amide bonds. The number of benzene rings is 2. The predicted molar refractivity (Wildman–Crippen MR) is 188 cm³/mol. The number of amides is 3. The lowest BCUT2D eigenvalue weighted by Gasteiger charge is -2.23. The van der Waals surface area contributed by atoms with Crippen molar-refractivity contribution in [2.75, 3.05) is 5.32 Å². The van der Waals surface area contributed by atoms with Crippen molar-refractivity contribution in [3.8, 4) is 23.0 Å². The average Bonchev–Trinajstić information content (AvgIpc) is 3.62. The molecule has 2 aliphatic carbocycles. The number of primary amides is 1. The fourth-order valence-electron chi connectivity index (χ4n) is 7.19. The first-order valence-corrected chi connectivity index (χ1v) is 17.2. The molecular weight excluding hydrogens is 754 g/mol. The van der Waals surface area contributed by atoms with Gasteiger partial charge in [-0.05, 0) is 74.4 Å². The fraction of sp³-hybridized carbons (Fsp3) is 0.324. The van der Waals surface area contributed by atoms with E-state index in [9.17, 15) is 32.3 Å². The second-order valence-electron chi connectivity index (χ2n) is 14.0. The summed E-state index contributed by atoms with van der Waals surface area (Å²) in [5, 5.41) is 24.0. The van der Waals surface area contributed by atoms with E-state index in [0.717, 1.165) is 12.1 Å². The number of aryl methyl sites for hydroxylation is 1. The smallest absolute Gasteiger partial charge is 0.317 e. The molecule has 5 aromatic rings. The van der Waals surface area contributed by atoms with E-state index in [-0.39, 0.29) is 51.6 Å². The van der Waals surface area contributed by atoms with Gasteiger partial charge < -0.3 is 16.2 Å². The van der Waals surface area contributed by atoms with Crippen LogP contribution in [-0.2, 0) is 30.7 Å². The first-order chi connectivity index (χ1) is 25.8. The van der Waals surface area contributed by atoms with E-state index in [1.807, 2.05) is 0 Å². The van der Waals surface area contributed by atoms with Gasteiger partial charge in [0.05, 0.1) is 27.7 Å². The summed E-state index contributed by atoms with van der Waals surface area (Å²) < 4.78 is 89.7. The van der Waals surface area contributed by atoms with Gasteiger partial charge in [0.2, 0.25) is 5.91 Å². The summed E-state index contributed by atoms with van der Waals surface area (Å²) in [6.07, 6.45) is -3.45. The molecule has 1 saturated carbocycles. The Hall–Kier alpha value is -5.60. The maximum absolute atomic E-state index is 15.4. The lowest BCUT2D eigenvalue weighted by Crippen LogP contribution is -2.35. The number of aromatic nitrogens is 5. The zero-order chi connectivity index (χ0) is 39.7. The number of rotatable bonds is 9. The Kier molecular flexibility index (Phi) is 9.33. The van der Waals surface area contributed by atoms with E-state index < -0.39 is 77.3 Å². The number of nitrogens with zero attached hydrogens (tertiary/aromatic N) is 5. The van der Waals surface area contributed by atoms with Gasteiger partial charge >= 0.3 is 6.03 Å². The number of carbonyl (C=O) groups is 2. The van der Waals surface area contributed by atoms with E-state index in [2.05, 4.69) is 32.7 Å². The number of urea groups is 1. The van der Waals surface area contributed by atoms with Gasteiger partial charge in [0.25, 0.3) is 12.3 Å². The summed E-state index contributed by atoms with van der Waals surface area (Å²) in [5.41, 5.74) is 3.39. The van der Waals surface area contributed by atoms with Crippen molar-refractivity contribution >= 4 is 40.3 Å². The Morgan fingerprint density at radius 3 is 2.44 bits per heavy atom. The number of halogens is 7. The van der Waals surface area contributed by atoms with Crippen molar-refractivity contribution < 1.29 is 41.0 Å². The number of alkyl halides is 4. The Balaban J connectivity index is 1.38. The molecule has 0 spiro atoms. The maximum Gasteiger partial charge on any atom is 0.317 e. The molecule has 5 N–H and O–H groups in total. The van der Waals surface area contributed by atoms with Crippen molar-refractivity contribution in [1.29, 1.82) is 0 Å². The summed E-state index contributed by atoms with van der Waals surface area (Å²) in [4.78, 5) is 30.4. The molecule has 3 heterocycles. The average molecular weight is 785 g/mol. The highest BCUT2D eigenvalue weighted by molar-refractivity contribution is 6.37. The highest BCUT2D eigenvalue weighted by atomic mass is 35.5. The van der Waals surface area contributed by atoms with Gasteiger partial charge in [0, 0.05) is 35.7 Å². The molecule has 0 radical (unpaired) electrons. The summed E-state index contributed by atoms with van der Waals surface area (Å²) in [6.45, 7) is 1.99. The quantitative estimate of drug-likeness (QED) is 0.0974. The van der Waals surface area contributed by atoms with Crippen LogP contribution in [-0.4, -0.2) is 47.2 Å². The van der Waals surface area contributed by atoms with Gasteiger partial charge in [-0.3, -0.25) is 19.5 Å². The van der Waals surface area contributed by atoms with Crippen LogP contribution in [0.4, 0.5) is 37.0 Å². The molecule has 0 unspecified atom stereocenters. The summed E-state index contributed by atoms with van der Waals surface area (Å²) in [7, 11) is 1.56. The number of fused-ring (bicyclic) bond motifs is 4. The Morgan fingerprint density at radius 1 is 1.09 bits per heavy atom. The van der Waals surface area contributed by atoms with Gasteiger partial charge in [-0.2, -0.15) is 19.0 Å². The normalized spacial score (nSPS) is 17.4. The van der Waals surface area contributed by atoms with Crippen LogP contribution in [0.3, 0.4) is 0 Å². The standard InChI is InChI=1S/C37H31ClF6N8O3/c1-36(2,55)9-8-19-4-5-20(21-6-7-24(38)28-31(21)51(3)50-34(28)48-35(45)54)29(46-19)25(12-16-10-17(39)13-18(40)11-16)47-26(53)15-52-32-27(30(49-52)33(41)42)22-14-23(22)37(32,43)44/h4-7,10-11,13,22-23,25,33,55H,12,14-15H2,1-3H3,(H,47,53)(H3,45,48,50,54)/t22-,23+,25-/m0/s1. The first kappa shape index (κ1) is 37.7. The number of aliphatic hydroxyl groups is 1. The van der Waals surface area contributed by atoms with Crippen LogP contribution in [0.15, 0.2) is 42.5 Å². The van der Waals surface area contributed by atoms with E-state index in [0.29, 0.717) is 27.4 Å². The predicted octanol–water partition coefficient (Wildman–Crippen LogP) is 6.62. The molecule has 3 aromatic heterocycles. The maximum atomic E-state index is 15.4. The molecular formula is C37H31ClF6N8O3. The number of anilines is 1. The summed E-state index contributed by atoms with van der Waals surface area (Å²) in [6, 6.07) is 6.74. The minimum atomic E-state index is -3.49. The molecule has 286 valence electrons. The Bertz CT molecular complexity index is 2450. The molecule has 0 aliphatic heterocycles. The first-order valence-electron chi connectivity index (χ1n) is 16.8. The minimum Gasteiger partial charge on any atom is -0.378 e. The lowest BCUT2D eigenvalue weighted by atomic mass is 9.93. The third-order valence-electron chi connectivity index (χ3n) is 9.38. The van der Waals surface area contributed by atoms with Gasteiger partial charge in [0.15, 0.2) is 5.82 Å². The number of hydrogen-bond acceptors (Lipinski definition) is 6. The molecule has 11 nitrogen and oxygen atoms in total. The van der Waals surface area contributed by atoms with Crippen molar-refractivity contribution in [2.24, 2.45) is 18.7 Å². The van der Waals surface area contributed by atoms with Gasteiger partial charge in [-0.25, -0.2) is 27.3 Å². The van der Waals surface area contributed by atoms with Gasteiger partial charge in [0.1, 0.15) is 40.9 Å². The molecule has 18 heteroatoms. The van der Waals surface area contributed by atoms with E-state index in [1.165, 1.54) is 30.7 Å². The highest BCUT2D eigenvalue weighted by Gasteiger charge is 2.67. The molecule has 55 heavy (non-hydrogen) atoms. The lowest BCUT2D eigenvalue weighted by molar-refractivity contribution is -0.123. The zero-order valence-electron chi connectivity index (χ0n) is 29.2. The molecule has 0 saturated heterocycles. The molecule has 2 aliphatic rings. The van der Waals surface area contributed by atoms with E-state index in [4.69, 9.17) is 22.3 Å². The number of hydrogen-bond donors (Lipinski definition) is 4. The topological polar surface area (TPSA) is 153 Å². The van der Waals surface area contributed by atoms with E-state index in [1.54, 1.807) is 19.2 Å². The van der Waals surface area contributed by atoms with Crippen LogP contribution in [0.2, 0.25) is 5.02 Å². The molecule has 0 bridgehead atoms. The third-order valence-corrected chi connectivity index (χ3v) is 9.69. The zero-order valence-corrected chi connectivity index (χ0v) is 30.0. The van der Waals surface area contributed by atoms with Crippen LogP contribution in [0.1, 0.15) is 72.6 Å². The summed E-state index contributed by atoms with van der Waals surface area (Å²) in [5.74, 6) is -2.80. The van der Waals surface area contributed by atoms with Crippen molar-refractivity contribution in [3.05, 3.63) is 93.0 Å². The minimum absolute atomic E-state index is 0.0275. The SMILES string of the molecule is Cn1nc(NC(N)=O)c2c(Cl)ccc(-c3ccc(C#CC(C)(C)O)nc3[C@H](Cc3cc(F)cc(F)c3)NC(=O)Cn3nc(C(F)F)c4c3C(F)(F)[C@@H]3C[C@H]43)c21. The second-order valence-corrected chi connectivity index (χ2v) is 14.4. The van der Waals surface area contributed by atoms with Crippen LogP contribution < -0.4 is 16.4 Å². The Morgan fingerprint density at radius 2 is 1.78 bits per heavy atom. The highest BCUT2D eigenvalue weighted by Crippen LogP contribution is 2.68. The molecule has 1 fully saturated rings. The summed E-state index contributed by atoms with van der Waals surface area (Å²) >= 11 is 6.57. The van der Waals surface area contributed by atoms with Crippen LogP contribution >= 0.6 is 11.6 Å². The van der Waals surface area contributed by atoms with Crippen LogP contribution in [0.25, 0.3) is 22.0 Å². The number of nitrogens with one attached hydrogen (secondary N) is 2. The van der Waals surface area contributed by atoms with Gasteiger partial charge in [-0.15, -0.1) is 0 Å². The second kappa shape index (κ2) is 13.6. The number of nitrogens with two attached hydrogens (primary N) is 1. The Labute approximate surface area is 313 Å². The third kappa shape index (κ3) is 7.19. The monoisotopic (exact) mass is 784 g/mol. The molecule has 3 atom stereocenters. The number of pyridine rings is 1. The largest absolute Gasteiger partial charge is 0.378 e. The fourth-order valence-corrected chi connectivity index (χ4v) is 7.43.